The van der Waals surface area contributed by atoms with Crippen molar-refractivity contribution in [2.24, 2.45) is 11.3 Å². The molecule has 1 N–H and O–H groups in total. The first-order valence-electron chi connectivity index (χ1n) is 6.93. The van der Waals surface area contributed by atoms with Gasteiger partial charge in [-0.05, 0) is 48.4 Å². The molecule has 18 heavy (non-hydrogen) atoms. The van der Waals surface area contributed by atoms with Gasteiger partial charge < -0.3 is 5.32 Å². The molecular formula is C16H28N2. The Morgan fingerprint density at radius 1 is 1.17 bits per heavy atom. The maximum atomic E-state index is 4.09. The quantitative estimate of drug-likeness (QED) is 0.856. The lowest BCUT2D eigenvalue weighted by atomic mass is 9.76. The van der Waals surface area contributed by atoms with Gasteiger partial charge in [0.2, 0.25) is 0 Å². The van der Waals surface area contributed by atoms with E-state index in [9.17, 15) is 0 Å². The van der Waals surface area contributed by atoms with Crippen LogP contribution in [0.4, 0.5) is 0 Å². The molecule has 0 aliphatic carbocycles. The standard InChI is InChI=1S/C16H28N2/c1-12(16(3,4)5)11-15(17-6)13(2)14-7-9-18-10-8-14/h7-10,12-13,15,17H,11H2,1-6H3. The van der Waals surface area contributed by atoms with Crippen molar-refractivity contribution in [1.82, 2.24) is 10.3 Å². The molecule has 0 aromatic carbocycles. The molecule has 1 aromatic heterocycles. The van der Waals surface area contributed by atoms with Gasteiger partial charge in [0.25, 0.3) is 0 Å². The van der Waals surface area contributed by atoms with Gasteiger partial charge in [-0.2, -0.15) is 0 Å². The summed E-state index contributed by atoms with van der Waals surface area (Å²) in [5.41, 5.74) is 1.73. The first kappa shape index (κ1) is 15.2. The molecule has 0 fully saturated rings. The first-order chi connectivity index (χ1) is 8.36. The van der Waals surface area contributed by atoms with E-state index < -0.39 is 0 Å². The lowest BCUT2D eigenvalue weighted by Gasteiger charge is -2.33. The van der Waals surface area contributed by atoms with E-state index in [-0.39, 0.29) is 0 Å². The maximum Gasteiger partial charge on any atom is 0.0270 e. The summed E-state index contributed by atoms with van der Waals surface area (Å²) >= 11 is 0. The van der Waals surface area contributed by atoms with Gasteiger partial charge in [-0.1, -0.05) is 34.6 Å². The van der Waals surface area contributed by atoms with Crippen LogP contribution in [0.2, 0.25) is 0 Å². The minimum absolute atomic E-state index is 0.368. The topological polar surface area (TPSA) is 24.9 Å². The molecule has 0 radical (unpaired) electrons. The fraction of sp³-hybridized carbons (Fsp3) is 0.688. The summed E-state index contributed by atoms with van der Waals surface area (Å²) in [4.78, 5) is 4.09. The van der Waals surface area contributed by atoms with E-state index in [1.54, 1.807) is 0 Å². The van der Waals surface area contributed by atoms with Crippen molar-refractivity contribution in [3.63, 3.8) is 0 Å². The van der Waals surface area contributed by atoms with Crippen molar-refractivity contribution in [3.8, 4) is 0 Å². The summed E-state index contributed by atoms with van der Waals surface area (Å²) in [5.74, 6) is 1.21. The summed E-state index contributed by atoms with van der Waals surface area (Å²) in [6.07, 6.45) is 4.96. The average Bonchev–Trinajstić information content (AvgIpc) is 2.34. The number of hydrogen-bond donors (Lipinski definition) is 1. The van der Waals surface area contributed by atoms with E-state index in [4.69, 9.17) is 0 Å². The van der Waals surface area contributed by atoms with Crippen LogP contribution in [0.15, 0.2) is 24.5 Å². The third-order valence-electron chi connectivity index (χ3n) is 4.29. The van der Waals surface area contributed by atoms with Gasteiger partial charge >= 0.3 is 0 Å². The Hall–Kier alpha value is -0.890. The summed E-state index contributed by atoms with van der Waals surface area (Å²) < 4.78 is 0. The average molecular weight is 248 g/mol. The predicted molar refractivity (Wildman–Crippen MR) is 78.7 cm³/mol. The summed E-state index contributed by atoms with van der Waals surface area (Å²) in [6, 6.07) is 4.76. The van der Waals surface area contributed by atoms with Crippen LogP contribution >= 0.6 is 0 Å². The van der Waals surface area contributed by atoms with E-state index in [1.807, 2.05) is 12.4 Å². The van der Waals surface area contributed by atoms with Crippen molar-refractivity contribution in [1.29, 1.82) is 0 Å². The van der Waals surface area contributed by atoms with Gasteiger partial charge in [0.05, 0.1) is 0 Å². The molecule has 0 bridgehead atoms. The van der Waals surface area contributed by atoms with Crippen molar-refractivity contribution in [3.05, 3.63) is 30.1 Å². The molecule has 0 spiro atoms. The van der Waals surface area contributed by atoms with Gasteiger partial charge in [0, 0.05) is 18.4 Å². The first-order valence-corrected chi connectivity index (χ1v) is 6.93. The zero-order chi connectivity index (χ0) is 13.8. The molecule has 2 nitrogen and oxygen atoms in total. The molecule has 102 valence electrons. The molecule has 1 aromatic rings. The Morgan fingerprint density at radius 3 is 2.17 bits per heavy atom. The van der Waals surface area contributed by atoms with E-state index in [0.717, 1.165) is 0 Å². The van der Waals surface area contributed by atoms with Crippen LogP contribution in [0.1, 0.15) is 52.5 Å². The summed E-state index contributed by atoms with van der Waals surface area (Å²) in [6.45, 7) is 11.6. The van der Waals surface area contributed by atoms with Gasteiger partial charge in [0.1, 0.15) is 0 Å². The molecule has 0 aliphatic rings. The molecule has 0 saturated carbocycles. The Balaban J connectivity index is 2.72. The summed E-state index contributed by atoms with van der Waals surface area (Å²) in [5, 5.41) is 3.48. The zero-order valence-corrected chi connectivity index (χ0v) is 12.7. The van der Waals surface area contributed by atoms with Crippen molar-refractivity contribution in [2.45, 2.75) is 53.0 Å². The fourth-order valence-electron chi connectivity index (χ4n) is 2.21. The van der Waals surface area contributed by atoms with Crippen LogP contribution in [0.25, 0.3) is 0 Å². The molecular weight excluding hydrogens is 220 g/mol. The van der Waals surface area contributed by atoms with Crippen LogP contribution in [0.3, 0.4) is 0 Å². The molecule has 0 aliphatic heterocycles. The van der Waals surface area contributed by atoms with E-state index in [1.165, 1.54) is 12.0 Å². The van der Waals surface area contributed by atoms with Crippen molar-refractivity contribution >= 4 is 0 Å². The highest BCUT2D eigenvalue weighted by Gasteiger charge is 2.26. The van der Waals surface area contributed by atoms with Crippen LogP contribution in [-0.2, 0) is 0 Å². The smallest absolute Gasteiger partial charge is 0.0270 e. The molecule has 0 saturated heterocycles. The second-order valence-electron chi connectivity index (χ2n) is 6.47. The Labute approximate surface area is 112 Å². The van der Waals surface area contributed by atoms with Gasteiger partial charge in [0.15, 0.2) is 0 Å². The predicted octanol–water partition coefficient (Wildman–Crippen LogP) is 3.85. The highest BCUT2D eigenvalue weighted by atomic mass is 14.9. The van der Waals surface area contributed by atoms with Crippen molar-refractivity contribution < 1.29 is 0 Å². The van der Waals surface area contributed by atoms with E-state index in [0.29, 0.717) is 23.3 Å². The third kappa shape index (κ3) is 4.09. The number of rotatable bonds is 5. The van der Waals surface area contributed by atoms with Gasteiger partial charge in [-0.3, -0.25) is 4.98 Å². The van der Waals surface area contributed by atoms with E-state index >= 15 is 0 Å². The lowest BCUT2D eigenvalue weighted by Crippen LogP contribution is -2.35. The van der Waals surface area contributed by atoms with Gasteiger partial charge in [-0.25, -0.2) is 0 Å². The number of aromatic nitrogens is 1. The van der Waals surface area contributed by atoms with E-state index in [2.05, 4.69) is 64.1 Å². The number of likely N-dealkylation sites (N-methyl/N-ethyl adjacent to an activating group) is 1. The Morgan fingerprint density at radius 2 is 1.72 bits per heavy atom. The Kier molecular flexibility index (Phi) is 5.33. The second kappa shape index (κ2) is 6.33. The van der Waals surface area contributed by atoms with Crippen molar-refractivity contribution in [2.75, 3.05) is 7.05 Å². The molecule has 1 rings (SSSR count). The van der Waals surface area contributed by atoms with Gasteiger partial charge in [-0.15, -0.1) is 0 Å². The monoisotopic (exact) mass is 248 g/mol. The highest BCUT2D eigenvalue weighted by Crippen LogP contribution is 2.32. The minimum atomic E-state index is 0.368. The molecule has 0 amide bonds. The zero-order valence-electron chi connectivity index (χ0n) is 12.7. The largest absolute Gasteiger partial charge is 0.316 e. The minimum Gasteiger partial charge on any atom is -0.316 e. The maximum absolute atomic E-state index is 4.09. The molecule has 3 unspecified atom stereocenters. The number of nitrogens with zero attached hydrogens (tertiary/aromatic N) is 1. The van der Waals surface area contributed by atoms with Crippen LogP contribution in [-0.4, -0.2) is 18.1 Å². The summed E-state index contributed by atoms with van der Waals surface area (Å²) in [7, 11) is 2.07. The number of pyridine rings is 1. The lowest BCUT2D eigenvalue weighted by molar-refractivity contribution is 0.217. The molecule has 2 heteroatoms. The normalized spacial score (nSPS) is 17.2. The van der Waals surface area contributed by atoms with Crippen LogP contribution < -0.4 is 5.32 Å². The third-order valence-corrected chi connectivity index (χ3v) is 4.29. The van der Waals surface area contributed by atoms with Crippen LogP contribution in [0.5, 0.6) is 0 Å². The fourth-order valence-corrected chi connectivity index (χ4v) is 2.21. The molecule has 3 atom stereocenters. The molecule has 1 heterocycles. The SMILES string of the molecule is CNC(CC(C)C(C)(C)C)C(C)c1ccncc1. The number of nitrogens with one attached hydrogen (secondary N) is 1. The van der Waals surface area contributed by atoms with Crippen LogP contribution in [0, 0.1) is 11.3 Å². The highest BCUT2D eigenvalue weighted by molar-refractivity contribution is 5.17. The number of hydrogen-bond acceptors (Lipinski definition) is 2. The Bertz CT molecular complexity index is 340. The second-order valence-corrected chi connectivity index (χ2v) is 6.47.